The standard InChI is InChI=1S/C16H22OS2/c1-3-6-12-7-5-8-13(11-12)15(17)16-14(4-2)18-9-10-19-16/h5,7-8,11,14,16H,3-4,6,9-10H2,1-2H3. The SMILES string of the molecule is CCCc1cccc(C(=O)C2SCCSC2CC)c1. The Kier molecular flexibility index (Phi) is 5.83. The van der Waals surface area contributed by atoms with Crippen LogP contribution in [0.25, 0.3) is 0 Å². The Morgan fingerprint density at radius 1 is 1.26 bits per heavy atom. The Hall–Kier alpha value is -0.410. The van der Waals surface area contributed by atoms with E-state index in [2.05, 4.69) is 26.0 Å². The first-order valence-electron chi connectivity index (χ1n) is 7.12. The van der Waals surface area contributed by atoms with Crippen LogP contribution in [0.2, 0.25) is 0 Å². The van der Waals surface area contributed by atoms with Crippen LogP contribution < -0.4 is 0 Å². The Bertz CT molecular complexity index is 431. The number of hydrogen-bond acceptors (Lipinski definition) is 3. The van der Waals surface area contributed by atoms with Crippen LogP contribution in [0.4, 0.5) is 0 Å². The van der Waals surface area contributed by atoms with Gasteiger partial charge >= 0.3 is 0 Å². The third-order valence-electron chi connectivity index (χ3n) is 3.46. The molecule has 0 bridgehead atoms. The fourth-order valence-corrected chi connectivity index (χ4v) is 5.51. The van der Waals surface area contributed by atoms with E-state index in [9.17, 15) is 4.79 Å². The van der Waals surface area contributed by atoms with Crippen LogP contribution in [0, 0.1) is 0 Å². The quantitative estimate of drug-likeness (QED) is 0.747. The average Bonchev–Trinajstić information content (AvgIpc) is 2.47. The van der Waals surface area contributed by atoms with Crippen LogP contribution >= 0.6 is 23.5 Å². The maximum Gasteiger partial charge on any atom is 0.176 e. The predicted molar refractivity (Wildman–Crippen MR) is 87.6 cm³/mol. The summed E-state index contributed by atoms with van der Waals surface area (Å²) in [5, 5.41) is 0.640. The molecular formula is C16H22OS2. The summed E-state index contributed by atoms with van der Waals surface area (Å²) in [5.41, 5.74) is 2.19. The van der Waals surface area contributed by atoms with Crippen LogP contribution in [-0.4, -0.2) is 27.8 Å². The van der Waals surface area contributed by atoms with E-state index in [1.807, 2.05) is 35.7 Å². The number of Topliss-reactive ketones (excluding diaryl/α,β-unsaturated/α-hetero) is 1. The van der Waals surface area contributed by atoms with Crippen molar-refractivity contribution < 1.29 is 4.79 Å². The molecule has 2 unspecified atom stereocenters. The highest BCUT2D eigenvalue weighted by Gasteiger charge is 2.31. The summed E-state index contributed by atoms with van der Waals surface area (Å²) in [6.07, 6.45) is 3.27. The first-order valence-corrected chi connectivity index (χ1v) is 9.22. The molecule has 0 saturated carbocycles. The number of carbonyl (C=O) groups is 1. The number of benzene rings is 1. The summed E-state index contributed by atoms with van der Waals surface area (Å²) in [5.74, 6) is 2.62. The van der Waals surface area contributed by atoms with Crippen LogP contribution in [0.1, 0.15) is 42.6 Å². The summed E-state index contributed by atoms with van der Waals surface area (Å²) in [6.45, 7) is 4.37. The van der Waals surface area contributed by atoms with Gasteiger partial charge in [0.2, 0.25) is 0 Å². The van der Waals surface area contributed by atoms with Crippen molar-refractivity contribution in [3.8, 4) is 0 Å². The first-order chi connectivity index (χ1) is 9.26. The second kappa shape index (κ2) is 7.39. The number of carbonyl (C=O) groups excluding carboxylic acids is 1. The summed E-state index contributed by atoms with van der Waals surface area (Å²) < 4.78 is 0. The maximum absolute atomic E-state index is 12.7. The lowest BCUT2D eigenvalue weighted by Gasteiger charge is -2.28. The van der Waals surface area contributed by atoms with Crippen molar-refractivity contribution in [1.82, 2.24) is 0 Å². The van der Waals surface area contributed by atoms with E-state index in [0.29, 0.717) is 11.0 Å². The highest BCUT2D eigenvalue weighted by atomic mass is 32.2. The minimum Gasteiger partial charge on any atom is -0.293 e. The van der Waals surface area contributed by atoms with E-state index in [1.165, 1.54) is 11.3 Å². The Balaban J connectivity index is 2.15. The Morgan fingerprint density at radius 2 is 2.05 bits per heavy atom. The smallest absolute Gasteiger partial charge is 0.176 e. The minimum absolute atomic E-state index is 0.153. The van der Waals surface area contributed by atoms with Crippen LogP contribution in [-0.2, 0) is 6.42 Å². The van der Waals surface area contributed by atoms with Gasteiger partial charge in [0.25, 0.3) is 0 Å². The summed E-state index contributed by atoms with van der Waals surface area (Å²) in [4.78, 5) is 12.7. The lowest BCUT2D eigenvalue weighted by atomic mass is 10.0. The molecule has 1 heterocycles. The van der Waals surface area contributed by atoms with Gasteiger partial charge in [0.05, 0.1) is 5.25 Å². The highest BCUT2D eigenvalue weighted by molar-refractivity contribution is 8.07. The van der Waals surface area contributed by atoms with Gasteiger partial charge in [0.15, 0.2) is 5.78 Å². The van der Waals surface area contributed by atoms with E-state index in [0.717, 1.165) is 30.6 Å². The van der Waals surface area contributed by atoms with Gasteiger partial charge in [-0.05, 0) is 24.5 Å². The predicted octanol–water partition coefficient (Wildman–Crippen LogP) is 4.45. The van der Waals surface area contributed by atoms with Crippen molar-refractivity contribution >= 4 is 29.3 Å². The Labute approximate surface area is 124 Å². The molecule has 0 N–H and O–H groups in total. The molecule has 1 aliphatic heterocycles. The molecule has 1 aromatic carbocycles. The van der Waals surface area contributed by atoms with Crippen LogP contribution in [0.5, 0.6) is 0 Å². The Morgan fingerprint density at radius 3 is 2.79 bits per heavy atom. The fourth-order valence-electron chi connectivity index (χ4n) is 2.48. The van der Waals surface area contributed by atoms with Crippen molar-refractivity contribution in [3.63, 3.8) is 0 Å². The summed E-state index contributed by atoms with van der Waals surface area (Å²) in [6, 6.07) is 8.23. The van der Waals surface area contributed by atoms with Crippen LogP contribution in [0.3, 0.4) is 0 Å². The molecule has 2 atom stereocenters. The molecule has 1 aromatic rings. The zero-order valence-corrected chi connectivity index (χ0v) is 13.4. The topological polar surface area (TPSA) is 17.1 Å². The van der Waals surface area contributed by atoms with Crippen molar-refractivity contribution in [1.29, 1.82) is 0 Å². The van der Waals surface area contributed by atoms with Gasteiger partial charge in [-0.15, -0.1) is 11.8 Å². The van der Waals surface area contributed by atoms with E-state index < -0.39 is 0 Å². The molecule has 1 fully saturated rings. The largest absolute Gasteiger partial charge is 0.293 e. The second-order valence-corrected chi connectivity index (χ2v) is 7.52. The average molecular weight is 294 g/mol. The third-order valence-corrected chi connectivity index (χ3v) is 6.71. The molecule has 3 heteroatoms. The number of thioether (sulfide) groups is 2. The van der Waals surface area contributed by atoms with Gasteiger partial charge in [0.1, 0.15) is 0 Å². The molecule has 0 spiro atoms. The van der Waals surface area contributed by atoms with Crippen molar-refractivity contribution in [2.24, 2.45) is 0 Å². The fraction of sp³-hybridized carbons (Fsp3) is 0.562. The zero-order chi connectivity index (χ0) is 13.7. The lowest BCUT2D eigenvalue weighted by molar-refractivity contribution is 0.0988. The van der Waals surface area contributed by atoms with Gasteiger partial charge < -0.3 is 0 Å². The second-order valence-electron chi connectivity index (χ2n) is 4.92. The summed E-state index contributed by atoms with van der Waals surface area (Å²) in [7, 11) is 0. The zero-order valence-electron chi connectivity index (χ0n) is 11.7. The van der Waals surface area contributed by atoms with Gasteiger partial charge in [-0.3, -0.25) is 4.79 Å². The normalized spacial score (nSPS) is 23.3. The van der Waals surface area contributed by atoms with Crippen molar-refractivity contribution in [2.45, 2.75) is 43.6 Å². The molecule has 104 valence electrons. The molecule has 1 saturated heterocycles. The molecule has 0 amide bonds. The molecule has 0 aliphatic carbocycles. The van der Waals surface area contributed by atoms with Gasteiger partial charge in [0, 0.05) is 22.3 Å². The molecule has 0 aromatic heterocycles. The van der Waals surface area contributed by atoms with E-state index in [-0.39, 0.29) is 5.25 Å². The third kappa shape index (κ3) is 3.79. The maximum atomic E-state index is 12.7. The van der Waals surface area contributed by atoms with Crippen molar-refractivity contribution in [3.05, 3.63) is 35.4 Å². The molecule has 19 heavy (non-hydrogen) atoms. The van der Waals surface area contributed by atoms with Gasteiger partial charge in [-0.2, -0.15) is 11.8 Å². The number of rotatable bonds is 5. The molecule has 1 aliphatic rings. The van der Waals surface area contributed by atoms with E-state index in [1.54, 1.807) is 0 Å². The number of hydrogen-bond donors (Lipinski definition) is 0. The first kappa shape index (κ1) is 15.0. The minimum atomic E-state index is 0.153. The monoisotopic (exact) mass is 294 g/mol. The van der Waals surface area contributed by atoms with E-state index in [4.69, 9.17) is 0 Å². The van der Waals surface area contributed by atoms with Crippen LogP contribution in [0.15, 0.2) is 24.3 Å². The number of aryl methyl sites for hydroxylation is 1. The van der Waals surface area contributed by atoms with Gasteiger partial charge in [-0.1, -0.05) is 38.5 Å². The molecule has 1 nitrogen and oxygen atoms in total. The molecule has 0 radical (unpaired) electrons. The van der Waals surface area contributed by atoms with E-state index >= 15 is 0 Å². The summed E-state index contributed by atoms with van der Waals surface area (Å²) >= 11 is 3.81. The van der Waals surface area contributed by atoms with Crippen molar-refractivity contribution in [2.75, 3.05) is 11.5 Å². The molecular weight excluding hydrogens is 272 g/mol. The lowest BCUT2D eigenvalue weighted by Crippen LogP contribution is -2.32. The number of ketones is 1. The van der Waals surface area contributed by atoms with Gasteiger partial charge in [-0.25, -0.2) is 0 Å². The molecule has 2 rings (SSSR count). The highest BCUT2D eigenvalue weighted by Crippen LogP contribution is 2.35.